The first kappa shape index (κ1) is 20.7. The van der Waals surface area contributed by atoms with Crippen LogP contribution in [0.15, 0.2) is 47.8 Å². The first-order valence-electron chi connectivity index (χ1n) is 7.97. The van der Waals surface area contributed by atoms with E-state index in [-0.39, 0.29) is 11.4 Å². The first-order chi connectivity index (χ1) is 13.7. The summed E-state index contributed by atoms with van der Waals surface area (Å²) >= 11 is 7.10. The van der Waals surface area contributed by atoms with Gasteiger partial charge in [0, 0.05) is 16.1 Å². The largest absolute Gasteiger partial charge is 0.573 e. The number of benzene rings is 2. The van der Waals surface area contributed by atoms with E-state index in [1.165, 1.54) is 36.8 Å². The number of hydrogen-bond donors (Lipinski definition) is 2. The Labute approximate surface area is 172 Å². The molecule has 3 rings (SSSR count). The van der Waals surface area contributed by atoms with Gasteiger partial charge in [-0.2, -0.15) is 0 Å². The lowest BCUT2D eigenvalue weighted by atomic mass is 10.3. The van der Waals surface area contributed by atoms with Crippen LogP contribution in [0.25, 0.3) is 0 Å². The Morgan fingerprint density at radius 3 is 2.55 bits per heavy atom. The summed E-state index contributed by atoms with van der Waals surface area (Å²) in [5, 5.41) is 7.93. The fourth-order valence-corrected chi connectivity index (χ4v) is 3.15. The van der Waals surface area contributed by atoms with Gasteiger partial charge in [0.1, 0.15) is 17.2 Å². The van der Waals surface area contributed by atoms with Crippen molar-refractivity contribution in [1.29, 1.82) is 0 Å². The summed E-state index contributed by atoms with van der Waals surface area (Å²) in [6.45, 7) is 0. The van der Waals surface area contributed by atoms with Gasteiger partial charge in [-0.05, 0) is 42.5 Å². The third-order valence-electron chi connectivity index (χ3n) is 3.49. The Kier molecular flexibility index (Phi) is 6.14. The van der Waals surface area contributed by atoms with Gasteiger partial charge in [0.15, 0.2) is 5.13 Å². The average Bonchev–Trinajstić information content (AvgIpc) is 3.11. The van der Waals surface area contributed by atoms with E-state index in [1.54, 1.807) is 18.2 Å². The lowest BCUT2D eigenvalue weighted by molar-refractivity contribution is -0.274. The van der Waals surface area contributed by atoms with Crippen molar-refractivity contribution in [2.45, 2.75) is 6.36 Å². The predicted molar refractivity (Wildman–Crippen MR) is 104 cm³/mol. The van der Waals surface area contributed by atoms with Crippen LogP contribution in [0.5, 0.6) is 11.5 Å². The second-order valence-electron chi connectivity index (χ2n) is 5.53. The summed E-state index contributed by atoms with van der Waals surface area (Å²) < 4.78 is 45.6. The molecule has 0 aliphatic rings. The molecule has 0 radical (unpaired) electrons. The van der Waals surface area contributed by atoms with E-state index >= 15 is 0 Å². The van der Waals surface area contributed by atoms with Crippen molar-refractivity contribution in [3.8, 4) is 11.5 Å². The zero-order valence-corrected chi connectivity index (χ0v) is 16.3. The lowest BCUT2D eigenvalue weighted by Crippen LogP contribution is -2.16. The number of carbonyl (C=O) groups excluding carboxylic acids is 1. The number of anilines is 3. The van der Waals surface area contributed by atoms with Crippen LogP contribution in [-0.4, -0.2) is 24.4 Å². The number of rotatable bonds is 6. The normalized spacial score (nSPS) is 11.1. The standard InChI is InChI=1S/C18H13ClF3N3O3S/c1-27-15-7-2-10(19)8-13(15)24-16(26)14-9-29-17(25-14)23-11-3-5-12(6-4-11)28-18(20,21)22/h2-9H,1H3,(H,23,25)(H,24,26). The van der Waals surface area contributed by atoms with Crippen molar-refractivity contribution >= 4 is 45.4 Å². The first-order valence-corrected chi connectivity index (χ1v) is 9.22. The van der Waals surface area contributed by atoms with Crippen molar-refractivity contribution in [1.82, 2.24) is 4.98 Å². The zero-order chi connectivity index (χ0) is 21.0. The SMILES string of the molecule is COc1ccc(Cl)cc1NC(=O)c1csc(Nc2ccc(OC(F)(F)F)cc2)n1. The summed E-state index contributed by atoms with van der Waals surface area (Å²) in [5.74, 6) is -0.362. The molecule has 2 aromatic carbocycles. The maximum absolute atomic E-state index is 12.4. The Morgan fingerprint density at radius 1 is 1.17 bits per heavy atom. The number of hydrogen-bond acceptors (Lipinski definition) is 6. The van der Waals surface area contributed by atoms with Gasteiger partial charge in [-0.15, -0.1) is 24.5 Å². The summed E-state index contributed by atoms with van der Waals surface area (Å²) in [6.07, 6.45) is -4.75. The highest BCUT2D eigenvalue weighted by molar-refractivity contribution is 7.14. The smallest absolute Gasteiger partial charge is 0.495 e. The molecule has 152 valence electrons. The second kappa shape index (κ2) is 8.58. The van der Waals surface area contributed by atoms with Gasteiger partial charge in [0.05, 0.1) is 12.8 Å². The molecule has 0 unspecified atom stereocenters. The van der Waals surface area contributed by atoms with Gasteiger partial charge in [0.25, 0.3) is 5.91 Å². The molecule has 1 aromatic heterocycles. The van der Waals surface area contributed by atoms with Crippen LogP contribution in [0.2, 0.25) is 5.02 Å². The molecule has 3 aromatic rings. The Morgan fingerprint density at radius 2 is 1.90 bits per heavy atom. The van der Waals surface area contributed by atoms with Crippen LogP contribution in [-0.2, 0) is 0 Å². The highest BCUT2D eigenvalue weighted by atomic mass is 35.5. The fourth-order valence-electron chi connectivity index (χ4n) is 2.26. The third kappa shape index (κ3) is 5.75. The van der Waals surface area contributed by atoms with Crippen molar-refractivity contribution in [2.24, 2.45) is 0 Å². The second-order valence-corrected chi connectivity index (χ2v) is 6.83. The number of alkyl halides is 3. The highest BCUT2D eigenvalue weighted by Gasteiger charge is 2.30. The summed E-state index contributed by atoms with van der Waals surface area (Å²) in [5.41, 5.74) is 1.03. The molecule has 1 heterocycles. The molecule has 6 nitrogen and oxygen atoms in total. The molecule has 0 saturated heterocycles. The van der Waals surface area contributed by atoms with Crippen molar-refractivity contribution in [3.63, 3.8) is 0 Å². The number of nitrogens with zero attached hydrogens (tertiary/aromatic N) is 1. The quantitative estimate of drug-likeness (QED) is 0.511. The number of amides is 1. The minimum Gasteiger partial charge on any atom is -0.495 e. The van der Waals surface area contributed by atoms with Crippen LogP contribution >= 0.6 is 22.9 Å². The van der Waals surface area contributed by atoms with Crippen LogP contribution < -0.4 is 20.1 Å². The van der Waals surface area contributed by atoms with Crippen molar-refractivity contribution in [3.05, 3.63) is 58.6 Å². The molecule has 0 aliphatic heterocycles. The Bertz CT molecular complexity index is 1010. The van der Waals surface area contributed by atoms with E-state index in [9.17, 15) is 18.0 Å². The number of thiazole rings is 1. The molecule has 0 fully saturated rings. The van der Waals surface area contributed by atoms with E-state index in [4.69, 9.17) is 16.3 Å². The van der Waals surface area contributed by atoms with Crippen LogP contribution in [0.1, 0.15) is 10.5 Å². The van der Waals surface area contributed by atoms with E-state index in [2.05, 4.69) is 20.4 Å². The molecular formula is C18H13ClF3N3O3S. The zero-order valence-electron chi connectivity index (χ0n) is 14.7. The van der Waals surface area contributed by atoms with Crippen LogP contribution in [0, 0.1) is 0 Å². The van der Waals surface area contributed by atoms with Crippen LogP contribution in [0.4, 0.5) is 29.7 Å². The number of ether oxygens (including phenoxy) is 2. The maximum Gasteiger partial charge on any atom is 0.573 e. The monoisotopic (exact) mass is 443 g/mol. The molecule has 0 atom stereocenters. The molecule has 11 heteroatoms. The summed E-state index contributed by atoms with van der Waals surface area (Å²) in [7, 11) is 1.47. The number of aromatic nitrogens is 1. The fraction of sp³-hybridized carbons (Fsp3) is 0.111. The average molecular weight is 444 g/mol. The summed E-state index contributed by atoms with van der Waals surface area (Å²) in [4.78, 5) is 16.6. The van der Waals surface area contributed by atoms with E-state index in [0.29, 0.717) is 27.3 Å². The minimum absolute atomic E-state index is 0.150. The molecule has 1 amide bonds. The number of methoxy groups -OCH3 is 1. The van der Waals surface area contributed by atoms with E-state index in [0.717, 1.165) is 11.3 Å². The molecule has 2 N–H and O–H groups in total. The summed E-state index contributed by atoms with van der Waals surface area (Å²) in [6, 6.07) is 9.95. The molecule has 0 saturated carbocycles. The van der Waals surface area contributed by atoms with Gasteiger partial charge in [0.2, 0.25) is 0 Å². The van der Waals surface area contributed by atoms with Gasteiger partial charge in [-0.25, -0.2) is 4.98 Å². The number of nitrogens with one attached hydrogen (secondary N) is 2. The predicted octanol–water partition coefficient (Wildman–Crippen LogP) is 5.70. The maximum atomic E-state index is 12.4. The van der Waals surface area contributed by atoms with Gasteiger partial charge < -0.3 is 20.1 Å². The molecule has 29 heavy (non-hydrogen) atoms. The van der Waals surface area contributed by atoms with Gasteiger partial charge >= 0.3 is 6.36 Å². The van der Waals surface area contributed by atoms with Gasteiger partial charge in [-0.1, -0.05) is 11.6 Å². The Balaban J connectivity index is 1.66. The third-order valence-corrected chi connectivity index (χ3v) is 4.48. The number of halogens is 4. The van der Waals surface area contributed by atoms with Crippen molar-refractivity contribution in [2.75, 3.05) is 17.7 Å². The van der Waals surface area contributed by atoms with Crippen LogP contribution in [0.3, 0.4) is 0 Å². The Hall–Kier alpha value is -2.98. The van der Waals surface area contributed by atoms with E-state index < -0.39 is 12.3 Å². The van der Waals surface area contributed by atoms with E-state index in [1.807, 2.05) is 0 Å². The minimum atomic E-state index is -4.75. The topological polar surface area (TPSA) is 72.5 Å². The van der Waals surface area contributed by atoms with Gasteiger partial charge in [-0.3, -0.25) is 4.79 Å². The highest BCUT2D eigenvalue weighted by Crippen LogP contribution is 2.29. The molecular weight excluding hydrogens is 431 g/mol. The lowest BCUT2D eigenvalue weighted by Gasteiger charge is -2.10. The molecule has 0 aliphatic carbocycles. The number of carbonyl (C=O) groups is 1. The molecule has 0 spiro atoms. The molecule has 0 bridgehead atoms. The van der Waals surface area contributed by atoms with Crippen molar-refractivity contribution < 1.29 is 27.4 Å².